The number of nitrogens with two attached hydrogens (primary N) is 1. The van der Waals surface area contributed by atoms with E-state index < -0.39 is 17.2 Å². The van der Waals surface area contributed by atoms with Crippen LogP contribution in [0.5, 0.6) is 5.75 Å². The number of carbonyl (C=O) groups is 1. The molecular formula is C34H44N4O4. The molecule has 1 amide bonds. The molecule has 8 nitrogen and oxygen atoms in total. The topological polar surface area (TPSA) is 98.4 Å². The molecule has 2 aliphatic carbocycles. The van der Waals surface area contributed by atoms with Crippen molar-refractivity contribution in [2.75, 3.05) is 27.4 Å². The smallest absolute Gasteiger partial charge is 0.232 e. The van der Waals surface area contributed by atoms with Crippen LogP contribution < -0.4 is 15.8 Å². The van der Waals surface area contributed by atoms with Crippen LogP contribution in [0.4, 0.5) is 0 Å². The summed E-state index contributed by atoms with van der Waals surface area (Å²) in [5, 5.41) is 3.95. The Morgan fingerprint density at radius 1 is 1.07 bits per heavy atom. The number of ether oxygens (including phenoxy) is 3. The highest BCUT2D eigenvalue weighted by atomic mass is 16.6. The number of carbonyl (C=O) groups excluding carboxylic acids is 1. The third-order valence-corrected chi connectivity index (χ3v) is 9.87. The number of rotatable bonds is 10. The summed E-state index contributed by atoms with van der Waals surface area (Å²) in [7, 11) is 3.28. The molecule has 2 aliphatic heterocycles. The molecule has 3 N–H and O–H groups in total. The molecule has 0 radical (unpaired) electrons. The Bertz CT molecular complexity index is 1400. The molecule has 0 saturated heterocycles. The van der Waals surface area contributed by atoms with E-state index >= 15 is 0 Å². The largest absolute Gasteiger partial charge is 0.479 e. The van der Waals surface area contributed by atoms with Gasteiger partial charge >= 0.3 is 0 Å². The predicted octanol–water partition coefficient (Wildman–Crippen LogP) is 5.43. The zero-order valence-corrected chi connectivity index (χ0v) is 25.4. The van der Waals surface area contributed by atoms with E-state index in [9.17, 15) is 4.79 Å². The van der Waals surface area contributed by atoms with Gasteiger partial charge in [-0.2, -0.15) is 0 Å². The van der Waals surface area contributed by atoms with Crippen LogP contribution in [-0.4, -0.2) is 55.3 Å². The number of hydrogen-bond donors (Lipinski definition) is 2. The van der Waals surface area contributed by atoms with Crippen LogP contribution in [0.25, 0.3) is 5.70 Å². The zero-order chi connectivity index (χ0) is 29.5. The number of allylic oxidation sites excluding steroid dienone is 1. The fourth-order valence-electron chi connectivity index (χ4n) is 7.33. The van der Waals surface area contributed by atoms with Crippen LogP contribution in [0.15, 0.2) is 53.0 Å². The summed E-state index contributed by atoms with van der Waals surface area (Å²) in [6.45, 7) is 4.58. The fourth-order valence-corrected chi connectivity index (χ4v) is 7.33. The summed E-state index contributed by atoms with van der Waals surface area (Å²) >= 11 is 0. The fraction of sp³-hybridized carbons (Fsp3) is 0.529. The molecule has 2 aromatic rings. The lowest BCUT2D eigenvalue weighted by Gasteiger charge is -2.43. The van der Waals surface area contributed by atoms with Gasteiger partial charge in [-0.15, -0.1) is 0 Å². The number of nitrogens with zero attached hydrogens (tertiary/aromatic N) is 2. The predicted molar refractivity (Wildman–Crippen MR) is 164 cm³/mol. The first-order valence-electron chi connectivity index (χ1n) is 15.4. The van der Waals surface area contributed by atoms with E-state index in [2.05, 4.69) is 55.6 Å². The maximum atomic E-state index is 14.0. The quantitative estimate of drug-likeness (QED) is 0.394. The average molecular weight is 573 g/mol. The molecule has 0 aromatic heterocycles. The number of nitrogens with one attached hydrogen (secondary N) is 1. The van der Waals surface area contributed by atoms with Gasteiger partial charge in [-0.25, -0.2) is 4.99 Å². The summed E-state index contributed by atoms with van der Waals surface area (Å²) in [4.78, 5) is 20.5. The summed E-state index contributed by atoms with van der Waals surface area (Å²) in [5.74, 6) is 0.898. The van der Waals surface area contributed by atoms with Crippen LogP contribution in [0.3, 0.4) is 0 Å². The van der Waals surface area contributed by atoms with Crippen LogP contribution in [0.1, 0.15) is 93.1 Å². The Kier molecular flexibility index (Phi) is 7.79. The first-order valence-corrected chi connectivity index (χ1v) is 15.4. The van der Waals surface area contributed by atoms with Crippen LogP contribution >= 0.6 is 0 Å². The van der Waals surface area contributed by atoms with Crippen molar-refractivity contribution in [3.05, 3.63) is 70.3 Å². The molecule has 224 valence electrons. The number of fused-ring (bicyclic) bond motifs is 2. The second kappa shape index (κ2) is 11.4. The van der Waals surface area contributed by atoms with Gasteiger partial charge < -0.3 is 25.3 Å². The number of hydrogen-bond acceptors (Lipinski definition) is 7. The SMILES string of the molecule is CCC1(CC)CC(=O)N(C2c3cc(C(NC4CCc5ccccc54)=C4CCC4)ccc3OC2(COC)COC)C(N)=N1. The van der Waals surface area contributed by atoms with Gasteiger partial charge in [-0.3, -0.25) is 9.69 Å². The van der Waals surface area contributed by atoms with E-state index in [0.717, 1.165) is 49.7 Å². The molecule has 0 spiro atoms. The van der Waals surface area contributed by atoms with Crippen LogP contribution in [0.2, 0.25) is 0 Å². The lowest BCUT2D eigenvalue weighted by Crippen LogP contribution is -2.60. The van der Waals surface area contributed by atoms with Gasteiger partial charge in [0.25, 0.3) is 0 Å². The average Bonchev–Trinajstić information content (AvgIpc) is 3.50. The molecule has 1 saturated carbocycles. The second-order valence-electron chi connectivity index (χ2n) is 12.3. The van der Waals surface area contributed by atoms with Crippen molar-refractivity contribution in [3.63, 3.8) is 0 Å². The summed E-state index contributed by atoms with van der Waals surface area (Å²) < 4.78 is 18.1. The van der Waals surface area contributed by atoms with Crippen LogP contribution in [-0.2, 0) is 20.7 Å². The van der Waals surface area contributed by atoms with Gasteiger partial charge in [-0.05, 0) is 85.4 Å². The maximum absolute atomic E-state index is 14.0. The molecule has 2 heterocycles. The molecule has 2 atom stereocenters. The van der Waals surface area contributed by atoms with Crippen LogP contribution in [0, 0.1) is 0 Å². The van der Waals surface area contributed by atoms with Crippen molar-refractivity contribution in [2.45, 2.75) is 88.4 Å². The highest BCUT2D eigenvalue weighted by Gasteiger charge is 2.56. The molecule has 2 unspecified atom stereocenters. The summed E-state index contributed by atoms with van der Waals surface area (Å²) in [5.41, 5.74) is 12.7. The monoisotopic (exact) mass is 572 g/mol. The first kappa shape index (κ1) is 28.7. The number of amides is 1. The van der Waals surface area contributed by atoms with Gasteiger partial charge in [0.1, 0.15) is 11.8 Å². The highest BCUT2D eigenvalue weighted by molar-refractivity contribution is 6.00. The van der Waals surface area contributed by atoms with Crippen molar-refractivity contribution in [1.82, 2.24) is 10.2 Å². The normalized spacial score (nSPS) is 23.5. The van der Waals surface area contributed by atoms with E-state index in [1.165, 1.54) is 28.8 Å². The van der Waals surface area contributed by atoms with Gasteiger partial charge in [0.15, 0.2) is 11.6 Å². The van der Waals surface area contributed by atoms with Gasteiger partial charge in [-0.1, -0.05) is 38.1 Å². The second-order valence-corrected chi connectivity index (χ2v) is 12.3. The minimum Gasteiger partial charge on any atom is -0.479 e. The molecule has 1 fully saturated rings. The van der Waals surface area contributed by atoms with Gasteiger partial charge in [0, 0.05) is 25.5 Å². The summed E-state index contributed by atoms with van der Waals surface area (Å²) in [6.07, 6.45) is 7.34. The number of aryl methyl sites for hydroxylation is 1. The van der Waals surface area contributed by atoms with Crippen molar-refractivity contribution in [1.29, 1.82) is 0 Å². The standard InChI is InChI=1S/C34H44N4O4/c1-5-33(6-2)19-29(39)38(32(35)37-33)31-26-18-24(15-17-28(26)42-34(31,20-40-3)21-41-4)30(23-11-9-12-23)36-27-16-14-22-10-7-8-13-25(22)27/h7-8,10,13,15,17-18,27,31,36H,5-6,9,11-12,14,16,19-21H2,1-4H3,(H2,35,37). The molecule has 8 heteroatoms. The van der Waals surface area contributed by atoms with E-state index in [1.54, 1.807) is 19.1 Å². The highest BCUT2D eigenvalue weighted by Crippen LogP contribution is 2.50. The Morgan fingerprint density at radius 2 is 1.81 bits per heavy atom. The summed E-state index contributed by atoms with van der Waals surface area (Å²) in [6, 6.07) is 14.8. The number of benzene rings is 2. The van der Waals surface area contributed by atoms with Gasteiger partial charge in [0.05, 0.1) is 31.2 Å². The lowest BCUT2D eigenvalue weighted by atomic mass is 9.84. The van der Waals surface area contributed by atoms with E-state index in [1.807, 2.05) is 6.07 Å². The zero-order valence-electron chi connectivity index (χ0n) is 25.4. The van der Waals surface area contributed by atoms with Crippen molar-refractivity contribution < 1.29 is 19.0 Å². The molecular weight excluding hydrogens is 528 g/mol. The molecule has 42 heavy (non-hydrogen) atoms. The van der Waals surface area contributed by atoms with Crippen molar-refractivity contribution >= 4 is 17.6 Å². The van der Waals surface area contributed by atoms with E-state index in [0.29, 0.717) is 12.2 Å². The lowest BCUT2D eigenvalue weighted by molar-refractivity contribution is -0.139. The Labute approximate surface area is 249 Å². The molecule has 0 bridgehead atoms. The Balaban J connectivity index is 1.43. The van der Waals surface area contributed by atoms with E-state index in [4.69, 9.17) is 24.9 Å². The number of guanidine groups is 1. The van der Waals surface area contributed by atoms with Gasteiger partial charge in [0.2, 0.25) is 5.91 Å². The minimum atomic E-state index is -0.972. The van der Waals surface area contributed by atoms with E-state index in [-0.39, 0.29) is 31.1 Å². The third kappa shape index (κ3) is 4.78. The third-order valence-electron chi connectivity index (χ3n) is 9.87. The number of methoxy groups -OCH3 is 2. The Hall–Kier alpha value is -3.36. The van der Waals surface area contributed by atoms with Crippen molar-refractivity contribution in [2.24, 2.45) is 10.7 Å². The van der Waals surface area contributed by atoms with Crippen molar-refractivity contribution in [3.8, 4) is 5.75 Å². The molecule has 4 aliphatic rings. The Morgan fingerprint density at radius 3 is 2.45 bits per heavy atom. The molecule has 6 rings (SSSR count). The molecule has 2 aromatic carbocycles. The maximum Gasteiger partial charge on any atom is 0.232 e. The number of aliphatic imine (C=N–C) groups is 1. The first-order chi connectivity index (χ1) is 20.4. The minimum absolute atomic E-state index is 0.0482.